The van der Waals surface area contributed by atoms with Gasteiger partial charge in [-0.1, -0.05) is 35.3 Å². The number of thiophene rings is 1. The Labute approximate surface area is 192 Å². The minimum Gasteiger partial charge on any atom is -0.487 e. The van der Waals surface area contributed by atoms with Crippen molar-refractivity contribution in [2.75, 3.05) is 5.43 Å². The van der Waals surface area contributed by atoms with Crippen LogP contribution in [0, 0.1) is 13.8 Å². The highest BCUT2D eigenvalue weighted by Gasteiger charge is 2.14. The number of halogens is 2. The first kappa shape index (κ1) is 21.4. The summed E-state index contributed by atoms with van der Waals surface area (Å²) in [5.74, 6) is 0.483. The quantitative estimate of drug-likeness (QED) is 0.424. The molecule has 0 unspecified atom stereocenters. The van der Waals surface area contributed by atoms with Crippen LogP contribution in [0.4, 0.5) is 0 Å². The maximum absolute atomic E-state index is 12.7. The third-order valence-electron chi connectivity index (χ3n) is 4.57. The van der Waals surface area contributed by atoms with Crippen LogP contribution in [0.1, 0.15) is 26.6 Å². The van der Waals surface area contributed by atoms with Gasteiger partial charge in [0.15, 0.2) is 0 Å². The van der Waals surface area contributed by atoms with Gasteiger partial charge in [-0.05, 0) is 49.7 Å². The largest absolute Gasteiger partial charge is 0.487 e. The first-order chi connectivity index (χ1) is 14.8. The number of carbonyl (C=O) groups is 1. The number of carbonyl (C=O) groups excluding carboxylic acids is 1. The molecular formula is C22H17Cl2N3O3S. The van der Waals surface area contributed by atoms with Gasteiger partial charge in [0.2, 0.25) is 0 Å². The second-order valence-corrected chi connectivity index (χ2v) is 8.96. The van der Waals surface area contributed by atoms with Crippen LogP contribution >= 0.6 is 34.5 Å². The number of fused-ring (bicyclic) bond motifs is 1. The topological polar surface area (TPSA) is 73.2 Å². The highest BCUT2D eigenvalue weighted by atomic mass is 35.5. The maximum Gasteiger partial charge on any atom is 0.281 e. The summed E-state index contributed by atoms with van der Waals surface area (Å²) in [5, 5.41) is 1.48. The van der Waals surface area contributed by atoms with Gasteiger partial charge in [-0.15, -0.1) is 11.3 Å². The van der Waals surface area contributed by atoms with Crippen molar-refractivity contribution < 1.29 is 9.53 Å². The summed E-state index contributed by atoms with van der Waals surface area (Å²) in [6, 6.07) is 13.6. The van der Waals surface area contributed by atoms with Crippen molar-refractivity contribution in [1.82, 2.24) is 9.66 Å². The molecule has 2 aromatic heterocycles. The van der Waals surface area contributed by atoms with E-state index in [1.54, 1.807) is 55.5 Å². The van der Waals surface area contributed by atoms with E-state index >= 15 is 0 Å². The fourth-order valence-corrected chi connectivity index (χ4v) is 4.25. The van der Waals surface area contributed by atoms with Crippen molar-refractivity contribution >= 4 is 50.7 Å². The van der Waals surface area contributed by atoms with Crippen molar-refractivity contribution in [1.29, 1.82) is 0 Å². The molecule has 0 atom stereocenters. The van der Waals surface area contributed by atoms with Gasteiger partial charge in [-0.3, -0.25) is 15.0 Å². The van der Waals surface area contributed by atoms with Crippen LogP contribution in [0.3, 0.4) is 0 Å². The van der Waals surface area contributed by atoms with Crippen LogP contribution in [0.2, 0.25) is 10.0 Å². The van der Waals surface area contributed by atoms with E-state index in [9.17, 15) is 9.59 Å². The van der Waals surface area contributed by atoms with Crippen molar-refractivity contribution in [2.45, 2.75) is 20.5 Å². The predicted molar refractivity (Wildman–Crippen MR) is 124 cm³/mol. The number of rotatable bonds is 5. The number of hydrogen-bond acceptors (Lipinski definition) is 5. The molecule has 31 heavy (non-hydrogen) atoms. The Kier molecular flexibility index (Phi) is 6.00. The summed E-state index contributed by atoms with van der Waals surface area (Å²) in [6.07, 6.45) is 0. The minimum atomic E-state index is -0.413. The zero-order valence-corrected chi connectivity index (χ0v) is 18.9. The van der Waals surface area contributed by atoms with E-state index < -0.39 is 5.91 Å². The Balaban J connectivity index is 1.48. The molecule has 0 aliphatic heterocycles. The number of nitrogens with one attached hydrogen (secondary N) is 1. The zero-order valence-electron chi connectivity index (χ0n) is 16.6. The Morgan fingerprint density at radius 1 is 1.13 bits per heavy atom. The lowest BCUT2D eigenvalue weighted by Crippen LogP contribution is -2.35. The van der Waals surface area contributed by atoms with E-state index in [0.717, 1.165) is 10.4 Å². The third kappa shape index (κ3) is 4.58. The third-order valence-corrected chi connectivity index (χ3v) is 6.06. The van der Waals surface area contributed by atoms with Crippen molar-refractivity contribution in [3.63, 3.8) is 0 Å². The molecule has 0 radical (unpaired) electrons. The summed E-state index contributed by atoms with van der Waals surface area (Å²) in [6.45, 7) is 3.85. The van der Waals surface area contributed by atoms with Gasteiger partial charge in [0, 0.05) is 21.5 Å². The second kappa shape index (κ2) is 8.70. The molecule has 0 aliphatic rings. The smallest absolute Gasteiger partial charge is 0.281 e. The number of benzene rings is 2. The summed E-state index contributed by atoms with van der Waals surface area (Å²) in [7, 11) is 0. The Morgan fingerprint density at radius 3 is 2.61 bits per heavy atom. The first-order valence-electron chi connectivity index (χ1n) is 9.30. The van der Waals surface area contributed by atoms with Gasteiger partial charge in [0.05, 0.1) is 10.4 Å². The monoisotopic (exact) mass is 473 g/mol. The Morgan fingerprint density at radius 2 is 1.87 bits per heavy atom. The molecular weight excluding hydrogens is 457 g/mol. The van der Waals surface area contributed by atoms with E-state index in [1.165, 1.54) is 16.0 Å². The molecule has 0 aliphatic carbocycles. The van der Waals surface area contributed by atoms with Crippen LogP contribution in [-0.2, 0) is 6.61 Å². The number of nitrogens with zero attached hydrogens (tertiary/aromatic N) is 2. The van der Waals surface area contributed by atoms with Crippen LogP contribution in [0.5, 0.6) is 5.75 Å². The molecule has 1 N–H and O–H groups in total. The lowest BCUT2D eigenvalue weighted by molar-refractivity contribution is 0.101. The van der Waals surface area contributed by atoms with Gasteiger partial charge < -0.3 is 4.74 Å². The molecule has 158 valence electrons. The van der Waals surface area contributed by atoms with Crippen LogP contribution in [-0.4, -0.2) is 15.6 Å². The number of ether oxygens (including phenoxy) is 1. The fraction of sp³-hybridized carbons (Fsp3) is 0.136. The first-order valence-corrected chi connectivity index (χ1v) is 10.9. The molecule has 4 rings (SSSR count). The van der Waals surface area contributed by atoms with Crippen LogP contribution in [0.15, 0.2) is 53.3 Å². The van der Waals surface area contributed by atoms with E-state index in [0.29, 0.717) is 37.4 Å². The van der Waals surface area contributed by atoms with Gasteiger partial charge in [0.1, 0.15) is 23.0 Å². The summed E-state index contributed by atoms with van der Waals surface area (Å²) in [5.41, 5.74) is 3.57. The van der Waals surface area contributed by atoms with Gasteiger partial charge in [-0.2, -0.15) is 0 Å². The van der Waals surface area contributed by atoms with E-state index in [-0.39, 0.29) is 12.2 Å². The summed E-state index contributed by atoms with van der Waals surface area (Å²) >= 11 is 13.5. The Bertz CT molecular complexity index is 1350. The molecule has 2 heterocycles. The van der Waals surface area contributed by atoms with Gasteiger partial charge in [0.25, 0.3) is 11.5 Å². The number of aryl methyl sites for hydroxylation is 2. The molecule has 2 aromatic carbocycles. The summed E-state index contributed by atoms with van der Waals surface area (Å²) in [4.78, 5) is 31.5. The van der Waals surface area contributed by atoms with Crippen LogP contribution < -0.4 is 15.7 Å². The van der Waals surface area contributed by atoms with E-state index in [2.05, 4.69) is 10.4 Å². The number of hydrogen-bond donors (Lipinski definition) is 1. The van der Waals surface area contributed by atoms with Crippen molar-refractivity contribution in [3.8, 4) is 5.75 Å². The molecule has 0 fully saturated rings. The molecule has 9 heteroatoms. The standard InChI is InChI=1S/C22H17Cl2N3O3S/c1-12-9-17-21(31-12)25-13(2)27(22(17)29)26-20(28)15-5-3-14(4-6-15)11-30-19-10-16(23)7-8-18(19)24/h3-10H,11H2,1-2H3,(H,26,28). The average Bonchev–Trinajstić information content (AvgIpc) is 3.12. The average molecular weight is 474 g/mol. The van der Waals surface area contributed by atoms with Crippen LogP contribution in [0.25, 0.3) is 10.2 Å². The second-order valence-electron chi connectivity index (χ2n) is 6.88. The van der Waals surface area contributed by atoms with Crippen molar-refractivity contribution in [3.05, 3.63) is 90.8 Å². The SMILES string of the molecule is Cc1cc2c(=O)n(NC(=O)c3ccc(COc4cc(Cl)ccc4Cl)cc3)c(C)nc2s1. The van der Waals surface area contributed by atoms with Crippen molar-refractivity contribution in [2.24, 2.45) is 0 Å². The molecule has 1 amide bonds. The molecule has 0 bridgehead atoms. The van der Waals surface area contributed by atoms with E-state index in [4.69, 9.17) is 27.9 Å². The summed E-state index contributed by atoms with van der Waals surface area (Å²) < 4.78 is 6.88. The lowest BCUT2D eigenvalue weighted by Gasteiger charge is -2.12. The van der Waals surface area contributed by atoms with E-state index in [1.807, 2.05) is 6.92 Å². The highest BCUT2D eigenvalue weighted by molar-refractivity contribution is 7.18. The molecule has 0 saturated heterocycles. The lowest BCUT2D eigenvalue weighted by atomic mass is 10.1. The zero-order chi connectivity index (χ0) is 22.1. The van der Waals surface area contributed by atoms with Gasteiger partial charge in [-0.25, -0.2) is 9.66 Å². The fourth-order valence-electron chi connectivity index (χ4n) is 3.00. The predicted octanol–water partition coefficient (Wildman–Crippen LogP) is 5.34. The Hall–Kier alpha value is -2.87. The van der Waals surface area contributed by atoms with Gasteiger partial charge >= 0.3 is 0 Å². The maximum atomic E-state index is 12.7. The number of amides is 1. The highest BCUT2D eigenvalue weighted by Crippen LogP contribution is 2.28. The normalized spacial score (nSPS) is 11.0. The minimum absolute atomic E-state index is 0.263. The molecule has 0 saturated carbocycles. The molecule has 4 aromatic rings. The molecule has 6 nitrogen and oxygen atoms in total. The number of aromatic nitrogens is 2. The molecule has 0 spiro atoms.